The lowest BCUT2D eigenvalue weighted by Crippen LogP contribution is -2.21. The van der Waals surface area contributed by atoms with E-state index in [-0.39, 0.29) is 24.1 Å². The van der Waals surface area contributed by atoms with E-state index < -0.39 is 0 Å². The molecule has 0 bridgehead atoms. The van der Waals surface area contributed by atoms with Crippen molar-refractivity contribution < 1.29 is 18.7 Å². The van der Waals surface area contributed by atoms with Crippen LogP contribution in [0.15, 0.2) is 24.3 Å². The molecule has 1 heterocycles. The molecule has 0 radical (unpaired) electrons. The average molecular weight is 224 g/mol. The predicted molar refractivity (Wildman–Crippen MR) is 55.8 cm³/mol. The first kappa shape index (κ1) is 11.1. The summed E-state index contributed by atoms with van der Waals surface area (Å²) in [5, 5.41) is 0. The Bertz CT molecular complexity index is 355. The number of ketones is 1. The summed E-state index contributed by atoms with van der Waals surface area (Å²) < 4.78 is 23.0. The highest BCUT2D eigenvalue weighted by Gasteiger charge is 2.23. The average Bonchev–Trinajstić information content (AvgIpc) is 2.81. The molecule has 1 fully saturated rings. The summed E-state index contributed by atoms with van der Waals surface area (Å²) in [5.41, 5.74) is 0. The normalized spacial score (nSPS) is 19.7. The summed E-state index contributed by atoms with van der Waals surface area (Å²) in [6.45, 7) is 1.16. The number of carbonyl (C=O) groups is 1. The lowest BCUT2D eigenvalue weighted by molar-refractivity contribution is -0.124. The second-order valence-corrected chi connectivity index (χ2v) is 3.77. The first-order valence-corrected chi connectivity index (χ1v) is 5.24. The third-order valence-corrected chi connectivity index (χ3v) is 2.58. The standard InChI is InChI=1S/C12H13FO3/c13-10-1-3-11(4-2-10)16-8-12(14)9-5-6-15-7-9/h1-4,9H,5-8H2. The van der Waals surface area contributed by atoms with E-state index in [4.69, 9.17) is 9.47 Å². The number of hydrogen-bond acceptors (Lipinski definition) is 3. The molecule has 0 aromatic heterocycles. The van der Waals surface area contributed by atoms with E-state index in [1.807, 2.05) is 0 Å². The SMILES string of the molecule is O=C(COc1ccc(F)cc1)C1CCOC1. The maximum absolute atomic E-state index is 12.6. The van der Waals surface area contributed by atoms with Crippen LogP contribution in [0.5, 0.6) is 5.75 Å². The van der Waals surface area contributed by atoms with E-state index in [1.54, 1.807) is 0 Å². The molecule has 1 aliphatic heterocycles. The van der Waals surface area contributed by atoms with Gasteiger partial charge < -0.3 is 9.47 Å². The van der Waals surface area contributed by atoms with Crippen molar-refractivity contribution in [1.82, 2.24) is 0 Å². The summed E-state index contributed by atoms with van der Waals surface area (Å²) in [6.07, 6.45) is 0.769. The van der Waals surface area contributed by atoms with Gasteiger partial charge in [-0.2, -0.15) is 0 Å². The third kappa shape index (κ3) is 2.79. The minimum absolute atomic E-state index is 0.0274. The zero-order chi connectivity index (χ0) is 11.4. The molecule has 1 aliphatic rings. The number of carbonyl (C=O) groups excluding carboxylic acids is 1. The highest BCUT2D eigenvalue weighted by molar-refractivity contribution is 5.82. The number of rotatable bonds is 4. The quantitative estimate of drug-likeness (QED) is 0.782. The Balaban J connectivity index is 1.82. The Morgan fingerprint density at radius 3 is 2.81 bits per heavy atom. The Morgan fingerprint density at radius 1 is 1.44 bits per heavy atom. The molecular weight excluding hydrogens is 211 g/mol. The number of benzene rings is 1. The largest absolute Gasteiger partial charge is 0.486 e. The van der Waals surface area contributed by atoms with Gasteiger partial charge in [0.1, 0.15) is 18.2 Å². The lowest BCUT2D eigenvalue weighted by atomic mass is 10.0. The van der Waals surface area contributed by atoms with Gasteiger partial charge in [0.05, 0.1) is 6.61 Å². The maximum atomic E-state index is 12.6. The zero-order valence-corrected chi connectivity index (χ0v) is 8.82. The molecular formula is C12H13FO3. The van der Waals surface area contributed by atoms with E-state index in [0.29, 0.717) is 19.0 Å². The van der Waals surface area contributed by atoms with E-state index >= 15 is 0 Å². The van der Waals surface area contributed by atoms with Gasteiger partial charge in [0, 0.05) is 12.5 Å². The molecule has 4 heteroatoms. The van der Waals surface area contributed by atoms with Crippen LogP contribution in [-0.2, 0) is 9.53 Å². The Morgan fingerprint density at radius 2 is 2.19 bits per heavy atom. The van der Waals surface area contributed by atoms with Crippen molar-refractivity contribution in [3.63, 3.8) is 0 Å². The van der Waals surface area contributed by atoms with Crippen LogP contribution in [0.1, 0.15) is 6.42 Å². The van der Waals surface area contributed by atoms with Gasteiger partial charge >= 0.3 is 0 Å². The Kier molecular flexibility index (Phi) is 3.51. The topological polar surface area (TPSA) is 35.5 Å². The molecule has 2 rings (SSSR count). The molecule has 86 valence electrons. The van der Waals surface area contributed by atoms with Crippen molar-refractivity contribution in [2.75, 3.05) is 19.8 Å². The monoisotopic (exact) mass is 224 g/mol. The lowest BCUT2D eigenvalue weighted by Gasteiger charge is -2.08. The number of hydrogen-bond donors (Lipinski definition) is 0. The van der Waals surface area contributed by atoms with Crippen molar-refractivity contribution in [2.24, 2.45) is 5.92 Å². The molecule has 0 aliphatic carbocycles. The molecule has 0 saturated carbocycles. The van der Waals surface area contributed by atoms with Crippen LogP contribution in [0.3, 0.4) is 0 Å². The molecule has 16 heavy (non-hydrogen) atoms. The molecule has 1 aromatic rings. The first-order valence-electron chi connectivity index (χ1n) is 5.24. The van der Waals surface area contributed by atoms with Crippen molar-refractivity contribution in [3.8, 4) is 5.75 Å². The number of halogens is 1. The highest BCUT2D eigenvalue weighted by atomic mass is 19.1. The van der Waals surface area contributed by atoms with Gasteiger partial charge in [0.15, 0.2) is 5.78 Å². The van der Waals surface area contributed by atoms with Gasteiger partial charge in [-0.3, -0.25) is 4.79 Å². The smallest absolute Gasteiger partial charge is 0.175 e. The highest BCUT2D eigenvalue weighted by Crippen LogP contribution is 2.15. The van der Waals surface area contributed by atoms with Gasteiger partial charge in [-0.25, -0.2) is 4.39 Å². The summed E-state index contributed by atoms with van der Waals surface area (Å²) in [5.74, 6) is 0.193. The van der Waals surface area contributed by atoms with Crippen LogP contribution in [0.4, 0.5) is 4.39 Å². The summed E-state index contributed by atoms with van der Waals surface area (Å²) >= 11 is 0. The molecule has 3 nitrogen and oxygen atoms in total. The van der Waals surface area contributed by atoms with Gasteiger partial charge in [0.2, 0.25) is 0 Å². The van der Waals surface area contributed by atoms with Gasteiger partial charge in [-0.05, 0) is 30.7 Å². The molecule has 1 atom stereocenters. The molecule has 1 unspecified atom stereocenters. The molecule has 1 aromatic carbocycles. The van der Waals surface area contributed by atoms with Crippen LogP contribution in [0, 0.1) is 11.7 Å². The van der Waals surface area contributed by atoms with Crippen molar-refractivity contribution in [3.05, 3.63) is 30.1 Å². The van der Waals surface area contributed by atoms with Crippen molar-refractivity contribution >= 4 is 5.78 Å². The van der Waals surface area contributed by atoms with Crippen molar-refractivity contribution in [2.45, 2.75) is 6.42 Å². The summed E-state index contributed by atoms with van der Waals surface area (Å²) in [6, 6.07) is 5.62. The van der Waals surface area contributed by atoms with Crippen LogP contribution >= 0.6 is 0 Å². The van der Waals surface area contributed by atoms with E-state index in [0.717, 1.165) is 6.42 Å². The predicted octanol–water partition coefficient (Wildman–Crippen LogP) is 1.81. The third-order valence-electron chi connectivity index (χ3n) is 2.58. The van der Waals surface area contributed by atoms with Gasteiger partial charge in [-0.15, -0.1) is 0 Å². The fourth-order valence-electron chi connectivity index (χ4n) is 1.59. The second kappa shape index (κ2) is 5.07. The van der Waals surface area contributed by atoms with Crippen LogP contribution in [0.25, 0.3) is 0 Å². The Hall–Kier alpha value is -1.42. The fraction of sp³-hybridized carbons (Fsp3) is 0.417. The zero-order valence-electron chi connectivity index (χ0n) is 8.82. The minimum atomic E-state index is -0.317. The molecule has 0 amide bonds. The number of ether oxygens (including phenoxy) is 2. The van der Waals surface area contributed by atoms with Gasteiger partial charge in [-0.1, -0.05) is 0 Å². The van der Waals surface area contributed by atoms with Crippen LogP contribution < -0.4 is 4.74 Å². The first-order chi connectivity index (χ1) is 7.75. The summed E-state index contributed by atoms with van der Waals surface area (Å²) in [4.78, 5) is 11.6. The molecule has 0 spiro atoms. The van der Waals surface area contributed by atoms with Crippen molar-refractivity contribution in [1.29, 1.82) is 0 Å². The van der Waals surface area contributed by atoms with Crippen LogP contribution in [-0.4, -0.2) is 25.6 Å². The fourth-order valence-corrected chi connectivity index (χ4v) is 1.59. The maximum Gasteiger partial charge on any atom is 0.175 e. The Labute approximate surface area is 93.2 Å². The minimum Gasteiger partial charge on any atom is -0.486 e. The number of Topliss-reactive ketones (excluding diaryl/α,β-unsaturated/α-hetero) is 1. The van der Waals surface area contributed by atoms with E-state index in [2.05, 4.69) is 0 Å². The second-order valence-electron chi connectivity index (χ2n) is 3.77. The van der Waals surface area contributed by atoms with E-state index in [9.17, 15) is 9.18 Å². The van der Waals surface area contributed by atoms with Gasteiger partial charge in [0.25, 0.3) is 0 Å². The molecule has 1 saturated heterocycles. The van der Waals surface area contributed by atoms with E-state index in [1.165, 1.54) is 24.3 Å². The summed E-state index contributed by atoms with van der Waals surface area (Å²) in [7, 11) is 0. The van der Waals surface area contributed by atoms with Crippen LogP contribution in [0.2, 0.25) is 0 Å². The molecule has 0 N–H and O–H groups in total.